The molecule has 0 heterocycles. The number of carbonyl (C=O) groups excluding carboxylic acids is 1. The highest BCUT2D eigenvalue weighted by atomic mass is 16.5. The number of para-hydroxylation sites is 2. The Hall–Kier alpha value is -2.49. The first-order valence-electron chi connectivity index (χ1n) is 9.91. The summed E-state index contributed by atoms with van der Waals surface area (Å²) >= 11 is 0. The average molecular weight is 367 g/mol. The number of aryl methyl sites for hydroxylation is 2. The minimum absolute atomic E-state index is 0.0387. The molecule has 1 N–H and O–H groups in total. The predicted molar refractivity (Wildman–Crippen MR) is 109 cm³/mol. The van der Waals surface area contributed by atoms with E-state index in [1.165, 1.54) is 24.0 Å². The Bertz CT molecular complexity index is 785. The summed E-state index contributed by atoms with van der Waals surface area (Å²) in [4.78, 5) is 12.8. The van der Waals surface area contributed by atoms with Gasteiger partial charge in [-0.1, -0.05) is 25.1 Å². The topological polar surface area (TPSA) is 47.6 Å². The number of rotatable bonds is 7. The second-order valence-corrected chi connectivity index (χ2v) is 7.30. The van der Waals surface area contributed by atoms with Gasteiger partial charge in [-0.05, 0) is 81.3 Å². The van der Waals surface area contributed by atoms with Crippen molar-refractivity contribution in [3.8, 4) is 11.5 Å². The summed E-state index contributed by atoms with van der Waals surface area (Å²) in [6, 6.07) is 13.7. The van der Waals surface area contributed by atoms with Gasteiger partial charge in [-0.2, -0.15) is 0 Å². The fourth-order valence-electron chi connectivity index (χ4n) is 3.41. The van der Waals surface area contributed by atoms with Gasteiger partial charge in [-0.15, -0.1) is 0 Å². The van der Waals surface area contributed by atoms with E-state index in [4.69, 9.17) is 9.47 Å². The summed E-state index contributed by atoms with van der Waals surface area (Å²) in [5.41, 5.74) is 3.43. The van der Waals surface area contributed by atoms with Crippen molar-refractivity contribution in [2.75, 3.05) is 5.32 Å². The standard InChI is InChI=1S/C23H29NO3/c1-4-21(27-19-14-13-17-9-5-6-10-18(17)15-19)23(25)24-20-11-7-8-12-22(20)26-16(2)3/h7-8,11-16,21H,4-6,9-10H2,1-3H3,(H,24,25). The van der Waals surface area contributed by atoms with Crippen molar-refractivity contribution < 1.29 is 14.3 Å². The van der Waals surface area contributed by atoms with Crippen LogP contribution in [0.25, 0.3) is 0 Å². The molecule has 27 heavy (non-hydrogen) atoms. The maximum absolute atomic E-state index is 12.8. The first-order chi connectivity index (χ1) is 13.1. The molecular weight excluding hydrogens is 338 g/mol. The van der Waals surface area contributed by atoms with E-state index < -0.39 is 6.10 Å². The van der Waals surface area contributed by atoms with Gasteiger partial charge in [0.15, 0.2) is 6.10 Å². The first-order valence-corrected chi connectivity index (χ1v) is 9.91. The smallest absolute Gasteiger partial charge is 0.265 e. The van der Waals surface area contributed by atoms with Crippen molar-refractivity contribution in [2.24, 2.45) is 0 Å². The van der Waals surface area contributed by atoms with E-state index in [9.17, 15) is 4.79 Å². The van der Waals surface area contributed by atoms with Crippen LogP contribution < -0.4 is 14.8 Å². The molecule has 0 saturated carbocycles. The van der Waals surface area contributed by atoms with Crippen LogP contribution in [-0.2, 0) is 17.6 Å². The summed E-state index contributed by atoms with van der Waals surface area (Å²) in [6.45, 7) is 5.89. The number of anilines is 1. The fourth-order valence-corrected chi connectivity index (χ4v) is 3.41. The summed E-state index contributed by atoms with van der Waals surface area (Å²) < 4.78 is 11.8. The van der Waals surface area contributed by atoms with Gasteiger partial charge in [-0.3, -0.25) is 4.79 Å². The zero-order valence-corrected chi connectivity index (χ0v) is 16.5. The third-order valence-electron chi connectivity index (χ3n) is 4.77. The largest absolute Gasteiger partial charge is 0.489 e. The molecule has 0 bridgehead atoms. The molecule has 4 nitrogen and oxygen atoms in total. The van der Waals surface area contributed by atoms with Crippen LogP contribution in [-0.4, -0.2) is 18.1 Å². The minimum Gasteiger partial charge on any atom is -0.489 e. The normalized spacial score (nSPS) is 14.4. The van der Waals surface area contributed by atoms with E-state index in [0.717, 1.165) is 18.6 Å². The highest BCUT2D eigenvalue weighted by molar-refractivity contribution is 5.95. The minimum atomic E-state index is -0.543. The summed E-state index contributed by atoms with van der Waals surface area (Å²) in [5.74, 6) is 1.28. The molecule has 0 aromatic heterocycles. The van der Waals surface area contributed by atoms with Crippen LogP contribution in [0.5, 0.6) is 11.5 Å². The molecule has 1 aliphatic carbocycles. The Kier molecular flexibility index (Phi) is 6.38. The van der Waals surface area contributed by atoms with E-state index in [1.807, 2.05) is 51.1 Å². The molecule has 0 fully saturated rings. The zero-order chi connectivity index (χ0) is 19.2. The van der Waals surface area contributed by atoms with Crippen LogP contribution in [0.1, 0.15) is 51.2 Å². The number of nitrogens with one attached hydrogen (secondary N) is 1. The van der Waals surface area contributed by atoms with Crippen molar-refractivity contribution in [3.05, 3.63) is 53.6 Å². The molecule has 144 valence electrons. The SMILES string of the molecule is CCC(Oc1ccc2c(c1)CCCC2)C(=O)Nc1ccccc1OC(C)C. The van der Waals surface area contributed by atoms with Crippen molar-refractivity contribution in [1.82, 2.24) is 0 Å². The fraction of sp³-hybridized carbons (Fsp3) is 0.435. The quantitative estimate of drug-likeness (QED) is 0.736. The van der Waals surface area contributed by atoms with Crippen LogP contribution >= 0.6 is 0 Å². The lowest BCUT2D eigenvalue weighted by molar-refractivity contribution is -0.122. The van der Waals surface area contributed by atoms with Crippen molar-refractivity contribution in [3.63, 3.8) is 0 Å². The number of amides is 1. The van der Waals surface area contributed by atoms with Gasteiger partial charge in [0.05, 0.1) is 11.8 Å². The summed E-state index contributed by atoms with van der Waals surface area (Å²) in [6.07, 6.45) is 4.80. The van der Waals surface area contributed by atoms with Crippen LogP contribution in [0.4, 0.5) is 5.69 Å². The van der Waals surface area contributed by atoms with Gasteiger partial charge in [-0.25, -0.2) is 0 Å². The number of fused-ring (bicyclic) bond motifs is 1. The average Bonchev–Trinajstić information content (AvgIpc) is 2.67. The lowest BCUT2D eigenvalue weighted by atomic mass is 9.92. The Morgan fingerprint density at radius 2 is 1.78 bits per heavy atom. The molecular formula is C23H29NO3. The summed E-state index contributed by atoms with van der Waals surface area (Å²) in [5, 5.41) is 2.96. The summed E-state index contributed by atoms with van der Waals surface area (Å²) in [7, 11) is 0. The number of benzene rings is 2. The number of carbonyl (C=O) groups is 1. The Morgan fingerprint density at radius 1 is 1.04 bits per heavy atom. The van der Waals surface area contributed by atoms with Gasteiger partial charge < -0.3 is 14.8 Å². The maximum atomic E-state index is 12.8. The second-order valence-electron chi connectivity index (χ2n) is 7.30. The third-order valence-corrected chi connectivity index (χ3v) is 4.77. The van der Waals surface area contributed by atoms with E-state index >= 15 is 0 Å². The molecule has 0 aliphatic heterocycles. The van der Waals surface area contributed by atoms with Gasteiger partial charge in [0.1, 0.15) is 11.5 Å². The van der Waals surface area contributed by atoms with Crippen molar-refractivity contribution >= 4 is 11.6 Å². The van der Waals surface area contributed by atoms with E-state index in [1.54, 1.807) is 0 Å². The highest BCUT2D eigenvalue weighted by Gasteiger charge is 2.21. The first kappa shape index (κ1) is 19.3. The molecule has 1 aliphatic rings. The van der Waals surface area contributed by atoms with Gasteiger partial charge >= 0.3 is 0 Å². The molecule has 2 aromatic rings. The lowest BCUT2D eigenvalue weighted by Gasteiger charge is -2.21. The van der Waals surface area contributed by atoms with Crippen LogP contribution in [0, 0.1) is 0 Å². The predicted octanol–water partition coefficient (Wildman–Crippen LogP) is 5.15. The Balaban J connectivity index is 1.70. The van der Waals surface area contributed by atoms with Crippen molar-refractivity contribution in [2.45, 2.75) is 65.1 Å². The van der Waals surface area contributed by atoms with E-state index in [0.29, 0.717) is 17.9 Å². The molecule has 4 heteroatoms. The third kappa shape index (κ3) is 5.03. The Labute approximate surface area is 161 Å². The zero-order valence-electron chi connectivity index (χ0n) is 16.5. The molecule has 1 amide bonds. The van der Waals surface area contributed by atoms with Gasteiger partial charge in [0, 0.05) is 0 Å². The molecule has 0 saturated heterocycles. The van der Waals surface area contributed by atoms with Crippen LogP contribution in [0.15, 0.2) is 42.5 Å². The molecule has 3 rings (SSSR count). The number of ether oxygens (including phenoxy) is 2. The van der Waals surface area contributed by atoms with E-state index in [2.05, 4.69) is 17.4 Å². The highest BCUT2D eigenvalue weighted by Crippen LogP contribution is 2.28. The second kappa shape index (κ2) is 8.94. The number of hydrogen-bond donors (Lipinski definition) is 1. The monoisotopic (exact) mass is 367 g/mol. The van der Waals surface area contributed by atoms with Crippen LogP contribution in [0.3, 0.4) is 0 Å². The molecule has 0 radical (unpaired) electrons. The maximum Gasteiger partial charge on any atom is 0.265 e. The Morgan fingerprint density at radius 3 is 2.52 bits per heavy atom. The van der Waals surface area contributed by atoms with Gasteiger partial charge in [0.2, 0.25) is 0 Å². The van der Waals surface area contributed by atoms with Crippen molar-refractivity contribution in [1.29, 1.82) is 0 Å². The molecule has 2 aromatic carbocycles. The van der Waals surface area contributed by atoms with E-state index in [-0.39, 0.29) is 12.0 Å². The number of hydrogen-bond acceptors (Lipinski definition) is 3. The molecule has 0 spiro atoms. The molecule has 1 atom stereocenters. The van der Waals surface area contributed by atoms with Crippen LogP contribution in [0.2, 0.25) is 0 Å². The lowest BCUT2D eigenvalue weighted by Crippen LogP contribution is -2.32. The molecule has 1 unspecified atom stereocenters. The van der Waals surface area contributed by atoms with Gasteiger partial charge in [0.25, 0.3) is 5.91 Å².